The Kier molecular flexibility index (Phi) is 3.38. The quantitative estimate of drug-likeness (QED) is 0.824. The molecule has 2 fully saturated rings. The third-order valence-corrected chi connectivity index (χ3v) is 4.75. The molecular weight excluding hydrogens is 248 g/mol. The number of hydrogen-bond donors (Lipinski definition) is 0. The first kappa shape index (κ1) is 13.4. The zero-order valence-electron chi connectivity index (χ0n) is 12.1. The van der Waals surface area contributed by atoms with Crippen LogP contribution in [0.1, 0.15) is 28.8 Å². The van der Waals surface area contributed by atoms with E-state index in [4.69, 9.17) is 0 Å². The molecule has 1 aromatic carbocycles. The van der Waals surface area contributed by atoms with E-state index in [9.17, 15) is 4.79 Å². The number of carbonyl (C=O) groups is 1. The molecule has 1 spiro atoms. The molecule has 2 heterocycles. The molecule has 2 aliphatic rings. The third kappa shape index (κ3) is 2.38. The molecule has 0 saturated carbocycles. The number of nitrogens with zero attached hydrogens (tertiary/aromatic N) is 2. The molecule has 106 valence electrons. The van der Waals surface area contributed by atoms with E-state index in [-0.39, 0.29) is 5.91 Å². The van der Waals surface area contributed by atoms with E-state index in [1.807, 2.05) is 29.2 Å². The van der Waals surface area contributed by atoms with Gasteiger partial charge in [-0.1, -0.05) is 24.8 Å². The van der Waals surface area contributed by atoms with Crippen molar-refractivity contribution in [3.8, 4) is 0 Å². The van der Waals surface area contributed by atoms with Crippen molar-refractivity contribution in [1.82, 2.24) is 9.80 Å². The third-order valence-electron chi connectivity index (χ3n) is 4.75. The predicted molar refractivity (Wildman–Crippen MR) is 81.6 cm³/mol. The summed E-state index contributed by atoms with van der Waals surface area (Å²) in [5, 5.41) is 0. The van der Waals surface area contributed by atoms with Crippen LogP contribution < -0.4 is 0 Å². The van der Waals surface area contributed by atoms with Crippen molar-refractivity contribution in [1.29, 1.82) is 0 Å². The van der Waals surface area contributed by atoms with Gasteiger partial charge in [0.05, 0.1) is 0 Å². The molecule has 3 heteroatoms. The normalized spacial score (nSPS) is 26.4. The minimum Gasteiger partial charge on any atom is -0.338 e. The van der Waals surface area contributed by atoms with E-state index in [0.29, 0.717) is 5.41 Å². The number of likely N-dealkylation sites (tertiary alicyclic amines) is 2. The summed E-state index contributed by atoms with van der Waals surface area (Å²) in [5.74, 6) is 0.173. The van der Waals surface area contributed by atoms with Crippen molar-refractivity contribution in [2.75, 3.05) is 33.2 Å². The first-order chi connectivity index (χ1) is 9.62. The van der Waals surface area contributed by atoms with Gasteiger partial charge < -0.3 is 9.80 Å². The molecule has 1 unspecified atom stereocenters. The van der Waals surface area contributed by atoms with Crippen LogP contribution in [0, 0.1) is 5.41 Å². The molecule has 3 rings (SSSR count). The van der Waals surface area contributed by atoms with E-state index in [1.165, 1.54) is 6.42 Å². The zero-order chi connectivity index (χ0) is 14.2. The number of rotatable bonds is 2. The van der Waals surface area contributed by atoms with Gasteiger partial charge in [-0.15, -0.1) is 0 Å². The van der Waals surface area contributed by atoms with Crippen LogP contribution in [0.5, 0.6) is 0 Å². The summed E-state index contributed by atoms with van der Waals surface area (Å²) in [6, 6.07) is 7.72. The molecule has 3 nitrogen and oxygen atoms in total. The molecule has 0 aromatic heterocycles. The second-order valence-electron chi connectivity index (χ2n) is 6.29. The lowest BCUT2D eigenvalue weighted by Gasteiger charge is -2.23. The zero-order valence-corrected chi connectivity index (χ0v) is 12.1. The van der Waals surface area contributed by atoms with E-state index in [1.54, 1.807) is 6.08 Å². The van der Waals surface area contributed by atoms with Crippen LogP contribution in [0.25, 0.3) is 6.08 Å². The Bertz CT molecular complexity index is 522. The Labute approximate surface area is 120 Å². The van der Waals surface area contributed by atoms with Crippen LogP contribution in [-0.2, 0) is 0 Å². The van der Waals surface area contributed by atoms with Gasteiger partial charge in [0.2, 0.25) is 0 Å². The summed E-state index contributed by atoms with van der Waals surface area (Å²) in [7, 11) is 2.17. The average Bonchev–Trinajstić information content (AvgIpc) is 3.05. The van der Waals surface area contributed by atoms with E-state index < -0.39 is 0 Å². The second kappa shape index (κ2) is 5.06. The summed E-state index contributed by atoms with van der Waals surface area (Å²) >= 11 is 0. The van der Waals surface area contributed by atoms with Crippen molar-refractivity contribution in [2.45, 2.75) is 12.8 Å². The highest BCUT2D eigenvalue weighted by Crippen LogP contribution is 2.39. The van der Waals surface area contributed by atoms with Crippen LogP contribution in [-0.4, -0.2) is 48.9 Å². The van der Waals surface area contributed by atoms with Crippen LogP contribution >= 0.6 is 0 Å². The summed E-state index contributed by atoms with van der Waals surface area (Å²) in [6.07, 6.45) is 4.17. The molecule has 0 N–H and O–H groups in total. The van der Waals surface area contributed by atoms with Crippen molar-refractivity contribution in [3.05, 3.63) is 42.0 Å². The van der Waals surface area contributed by atoms with Gasteiger partial charge in [-0.05, 0) is 44.1 Å². The molecule has 1 atom stereocenters. The summed E-state index contributed by atoms with van der Waals surface area (Å²) in [4.78, 5) is 17.0. The SMILES string of the molecule is C=Cc1ccc(C(=O)N2CCC3(CCN(C)C3)C2)cc1. The molecule has 2 saturated heterocycles. The number of amides is 1. The minimum absolute atomic E-state index is 0.173. The fourth-order valence-electron chi connectivity index (χ4n) is 3.54. The van der Waals surface area contributed by atoms with Crippen LogP contribution in [0.3, 0.4) is 0 Å². The van der Waals surface area contributed by atoms with E-state index in [0.717, 1.165) is 43.7 Å². The highest BCUT2D eigenvalue weighted by Gasteiger charge is 2.43. The lowest BCUT2D eigenvalue weighted by molar-refractivity contribution is 0.0774. The van der Waals surface area contributed by atoms with Crippen LogP contribution in [0.4, 0.5) is 0 Å². The first-order valence-electron chi connectivity index (χ1n) is 7.32. The average molecular weight is 270 g/mol. The molecule has 0 radical (unpaired) electrons. The lowest BCUT2D eigenvalue weighted by atomic mass is 9.86. The number of hydrogen-bond acceptors (Lipinski definition) is 2. The van der Waals surface area contributed by atoms with Crippen LogP contribution in [0.2, 0.25) is 0 Å². The highest BCUT2D eigenvalue weighted by molar-refractivity contribution is 5.94. The minimum atomic E-state index is 0.173. The fraction of sp³-hybridized carbons (Fsp3) is 0.471. The molecule has 1 aromatic rings. The summed E-state index contributed by atoms with van der Waals surface area (Å²) < 4.78 is 0. The van der Waals surface area contributed by atoms with Gasteiger partial charge >= 0.3 is 0 Å². The van der Waals surface area contributed by atoms with Crippen molar-refractivity contribution in [2.24, 2.45) is 5.41 Å². The molecule has 0 bridgehead atoms. The maximum atomic E-state index is 12.6. The molecule has 2 aliphatic heterocycles. The first-order valence-corrected chi connectivity index (χ1v) is 7.32. The van der Waals surface area contributed by atoms with Gasteiger partial charge in [-0.2, -0.15) is 0 Å². The maximum Gasteiger partial charge on any atom is 0.253 e. The van der Waals surface area contributed by atoms with Gasteiger partial charge in [-0.3, -0.25) is 4.79 Å². The molecule has 1 amide bonds. The fourth-order valence-corrected chi connectivity index (χ4v) is 3.54. The van der Waals surface area contributed by atoms with E-state index in [2.05, 4.69) is 18.5 Å². The smallest absolute Gasteiger partial charge is 0.253 e. The monoisotopic (exact) mass is 270 g/mol. The Balaban J connectivity index is 1.70. The Hall–Kier alpha value is -1.61. The molecule has 20 heavy (non-hydrogen) atoms. The van der Waals surface area contributed by atoms with Gasteiger partial charge in [0.1, 0.15) is 0 Å². The molecular formula is C17H22N2O. The Morgan fingerprint density at radius 3 is 2.50 bits per heavy atom. The summed E-state index contributed by atoms with van der Waals surface area (Å²) in [5.41, 5.74) is 2.20. The predicted octanol–water partition coefficient (Wildman–Crippen LogP) is 2.50. The van der Waals surface area contributed by atoms with Gasteiger partial charge in [-0.25, -0.2) is 0 Å². The van der Waals surface area contributed by atoms with Gasteiger partial charge in [0, 0.05) is 30.6 Å². The van der Waals surface area contributed by atoms with Gasteiger partial charge in [0.15, 0.2) is 0 Å². The van der Waals surface area contributed by atoms with Crippen molar-refractivity contribution in [3.63, 3.8) is 0 Å². The summed E-state index contributed by atoms with van der Waals surface area (Å²) in [6.45, 7) is 7.85. The largest absolute Gasteiger partial charge is 0.338 e. The second-order valence-corrected chi connectivity index (χ2v) is 6.29. The Morgan fingerprint density at radius 2 is 1.90 bits per heavy atom. The standard InChI is InChI=1S/C17H22N2O/c1-3-14-4-6-15(7-5-14)16(20)19-11-9-17(13-19)8-10-18(2)12-17/h3-7H,1,8-13H2,2H3. The lowest BCUT2D eigenvalue weighted by Crippen LogP contribution is -2.33. The highest BCUT2D eigenvalue weighted by atomic mass is 16.2. The topological polar surface area (TPSA) is 23.6 Å². The van der Waals surface area contributed by atoms with Gasteiger partial charge in [0.25, 0.3) is 5.91 Å². The maximum absolute atomic E-state index is 12.6. The van der Waals surface area contributed by atoms with Crippen LogP contribution in [0.15, 0.2) is 30.8 Å². The van der Waals surface area contributed by atoms with E-state index >= 15 is 0 Å². The van der Waals surface area contributed by atoms with Crippen molar-refractivity contribution >= 4 is 12.0 Å². The Morgan fingerprint density at radius 1 is 1.20 bits per heavy atom. The number of benzene rings is 1. The number of carbonyl (C=O) groups excluding carboxylic acids is 1. The van der Waals surface area contributed by atoms with Crippen molar-refractivity contribution < 1.29 is 4.79 Å². The molecule has 0 aliphatic carbocycles.